The molecule has 0 aliphatic rings. The van der Waals surface area contributed by atoms with Crippen LogP contribution in [-0.4, -0.2) is 35.9 Å². The number of aromatic nitrogens is 2. The molecule has 5 nitrogen and oxygen atoms in total. The number of nitrogens with zero attached hydrogens (tertiary/aromatic N) is 2. The molecular formula is C9H14ClN3O2S. The first-order valence-electron chi connectivity index (χ1n) is 4.94. The average Bonchev–Trinajstić information content (AvgIpc) is 2.63. The first-order chi connectivity index (χ1) is 7.59. The maximum absolute atomic E-state index is 11.4. The lowest BCUT2D eigenvalue weighted by molar-refractivity contribution is 0.0885. The summed E-state index contributed by atoms with van der Waals surface area (Å²) in [6.45, 7) is 5.79. The zero-order chi connectivity index (χ0) is 12.0. The van der Waals surface area contributed by atoms with Gasteiger partial charge in [-0.05, 0) is 17.5 Å². The van der Waals surface area contributed by atoms with Gasteiger partial charge in [0.15, 0.2) is 0 Å². The SMILES string of the molecule is CC(C)COCCNC(=O)c1nnc(Cl)s1. The summed E-state index contributed by atoms with van der Waals surface area (Å²) in [5.41, 5.74) is 0. The predicted molar refractivity (Wildman–Crippen MR) is 62.9 cm³/mol. The van der Waals surface area contributed by atoms with Crippen LogP contribution >= 0.6 is 22.9 Å². The molecule has 1 amide bonds. The van der Waals surface area contributed by atoms with E-state index in [1.807, 2.05) is 0 Å². The van der Waals surface area contributed by atoms with Gasteiger partial charge in [-0.2, -0.15) is 0 Å². The Morgan fingerprint density at radius 3 is 2.88 bits per heavy atom. The molecule has 1 N–H and O–H groups in total. The van der Waals surface area contributed by atoms with Crippen molar-refractivity contribution in [2.75, 3.05) is 19.8 Å². The number of amides is 1. The van der Waals surface area contributed by atoms with Gasteiger partial charge in [0.1, 0.15) is 0 Å². The molecule has 90 valence electrons. The Morgan fingerprint density at radius 1 is 1.56 bits per heavy atom. The monoisotopic (exact) mass is 263 g/mol. The number of ether oxygens (including phenoxy) is 1. The molecule has 0 aromatic carbocycles. The second kappa shape index (κ2) is 6.78. The van der Waals surface area contributed by atoms with Crippen molar-refractivity contribution in [1.82, 2.24) is 15.5 Å². The van der Waals surface area contributed by atoms with Gasteiger partial charge in [-0.15, -0.1) is 10.2 Å². The predicted octanol–water partition coefficient (Wildman–Crippen LogP) is 1.59. The molecular weight excluding hydrogens is 250 g/mol. The van der Waals surface area contributed by atoms with E-state index in [0.717, 1.165) is 11.3 Å². The lowest BCUT2D eigenvalue weighted by atomic mass is 10.2. The van der Waals surface area contributed by atoms with Crippen LogP contribution in [-0.2, 0) is 4.74 Å². The number of hydrogen-bond acceptors (Lipinski definition) is 5. The first-order valence-corrected chi connectivity index (χ1v) is 6.14. The Balaban J connectivity index is 2.16. The minimum absolute atomic E-state index is 0.265. The largest absolute Gasteiger partial charge is 0.379 e. The third-order valence-electron chi connectivity index (χ3n) is 1.58. The van der Waals surface area contributed by atoms with Gasteiger partial charge < -0.3 is 10.1 Å². The van der Waals surface area contributed by atoms with E-state index in [0.29, 0.717) is 25.7 Å². The van der Waals surface area contributed by atoms with E-state index in [1.54, 1.807) is 0 Å². The Morgan fingerprint density at radius 2 is 2.31 bits per heavy atom. The average molecular weight is 264 g/mol. The van der Waals surface area contributed by atoms with E-state index < -0.39 is 0 Å². The molecule has 0 saturated heterocycles. The molecule has 0 spiro atoms. The summed E-state index contributed by atoms with van der Waals surface area (Å²) < 4.78 is 5.58. The van der Waals surface area contributed by atoms with Crippen LogP contribution in [0.5, 0.6) is 0 Å². The number of rotatable bonds is 6. The van der Waals surface area contributed by atoms with E-state index in [2.05, 4.69) is 29.4 Å². The number of halogens is 1. The molecule has 0 atom stereocenters. The van der Waals surface area contributed by atoms with Crippen LogP contribution in [0.4, 0.5) is 0 Å². The van der Waals surface area contributed by atoms with E-state index in [-0.39, 0.29) is 15.4 Å². The first kappa shape index (κ1) is 13.3. The van der Waals surface area contributed by atoms with Gasteiger partial charge in [-0.1, -0.05) is 25.2 Å². The number of nitrogens with one attached hydrogen (secondary N) is 1. The zero-order valence-corrected chi connectivity index (χ0v) is 10.8. The van der Waals surface area contributed by atoms with Gasteiger partial charge in [-0.25, -0.2) is 0 Å². The standard InChI is InChI=1S/C9H14ClN3O2S/c1-6(2)5-15-4-3-11-7(14)8-12-13-9(10)16-8/h6H,3-5H2,1-2H3,(H,11,14). The fraction of sp³-hybridized carbons (Fsp3) is 0.667. The van der Waals surface area contributed by atoms with E-state index in [4.69, 9.17) is 16.3 Å². The fourth-order valence-corrected chi connectivity index (χ4v) is 1.67. The number of carbonyl (C=O) groups excluding carboxylic acids is 1. The molecule has 0 saturated carbocycles. The molecule has 1 rings (SSSR count). The third-order valence-corrected chi connectivity index (χ3v) is 2.60. The van der Waals surface area contributed by atoms with Gasteiger partial charge in [0.2, 0.25) is 9.47 Å². The summed E-state index contributed by atoms with van der Waals surface area (Å²) in [5, 5.41) is 10.1. The summed E-state index contributed by atoms with van der Waals surface area (Å²) >= 11 is 6.62. The minimum Gasteiger partial charge on any atom is -0.379 e. The van der Waals surface area contributed by atoms with Crippen molar-refractivity contribution in [3.63, 3.8) is 0 Å². The fourth-order valence-electron chi connectivity index (χ4n) is 0.928. The van der Waals surface area contributed by atoms with Crippen molar-refractivity contribution in [3.8, 4) is 0 Å². The van der Waals surface area contributed by atoms with Gasteiger partial charge in [0.05, 0.1) is 6.61 Å². The lowest BCUT2D eigenvalue weighted by Gasteiger charge is -2.06. The molecule has 7 heteroatoms. The molecule has 0 aliphatic carbocycles. The second-order valence-electron chi connectivity index (χ2n) is 3.58. The van der Waals surface area contributed by atoms with Crippen LogP contribution in [0.2, 0.25) is 4.47 Å². The van der Waals surface area contributed by atoms with Crippen LogP contribution < -0.4 is 5.32 Å². The van der Waals surface area contributed by atoms with Crippen LogP contribution in [0, 0.1) is 5.92 Å². The van der Waals surface area contributed by atoms with Crippen molar-refractivity contribution in [1.29, 1.82) is 0 Å². The van der Waals surface area contributed by atoms with Crippen LogP contribution in [0.25, 0.3) is 0 Å². The number of carbonyl (C=O) groups is 1. The normalized spacial score (nSPS) is 10.8. The van der Waals surface area contributed by atoms with Gasteiger partial charge >= 0.3 is 0 Å². The van der Waals surface area contributed by atoms with Crippen LogP contribution in [0.1, 0.15) is 23.6 Å². The van der Waals surface area contributed by atoms with Crippen molar-refractivity contribution in [2.45, 2.75) is 13.8 Å². The Kier molecular flexibility index (Phi) is 5.65. The molecule has 0 radical (unpaired) electrons. The molecule has 0 fully saturated rings. The maximum Gasteiger partial charge on any atom is 0.282 e. The highest BCUT2D eigenvalue weighted by Gasteiger charge is 2.10. The minimum atomic E-state index is -0.266. The Hall–Kier alpha value is -0.720. The third kappa shape index (κ3) is 4.87. The van der Waals surface area contributed by atoms with Gasteiger partial charge in [0.25, 0.3) is 5.91 Å². The highest BCUT2D eigenvalue weighted by atomic mass is 35.5. The summed E-state index contributed by atoms with van der Waals surface area (Å²) in [6, 6.07) is 0. The molecule has 0 unspecified atom stereocenters. The van der Waals surface area contributed by atoms with Crippen molar-refractivity contribution >= 4 is 28.8 Å². The highest BCUT2D eigenvalue weighted by molar-refractivity contribution is 7.17. The van der Waals surface area contributed by atoms with Crippen molar-refractivity contribution in [2.24, 2.45) is 5.92 Å². The second-order valence-corrected chi connectivity index (χ2v) is 5.14. The molecule has 1 heterocycles. The maximum atomic E-state index is 11.4. The summed E-state index contributed by atoms with van der Waals surface area (Å²) in [6.07, 6.45) is 0. The number of hydrogen-bond donors (Lipinski definition) is 1. The summed E-state index contributed by atoms with van der Waals surface area (Å²) in [4.78, 5) is 11.4. The van der Waals surface area contributed by atoms with Crippen LogP contribution in [0.3, 0.4) is 0 Å². The molecule has 1 aromatic rings. The smallest absolute Gasteiger partial charge is 0.282 e. The van der Waals surface area contributed by atoms with E-state index in [9.17, 15) is 4.79 Å². The zero-order valence-electron chi connectivity index (χ0n) is 9.20. The topological polar surface area (TPSA) is 64.1 Å². The highest BCUT2D eigenvalue weighted by Crippen LogP contribution is 2.14. The van der Waals surface area contributed by atoms with Gasteiger partial charge in [0, 0.05) is 13.2 Å². The Bertz CT molecular complexity index is 343. The lowest BCUT2D eigenvalue weighted by Crippen LogP contribution is -2.27. The molecule has 16 heavy (non-hydrogen) atoms. The molecule has 0 aliphatic heterocycles. The summed E-state index contributed by atoms with van der Waals surface area (Å²) in [5.74, 6) is 0.232. The van der Waals surface area contributed by atoms with Crippen molar-refractivity contribution < 1.29 is 9.53 Å². The van der Waals surface area contributed by atoms with E-state index in [1.165, 1.54) is 0 Å². The summed E-state index contributed by atoms with van der Waals surface area (Å²) in [7, 11) is 0. The quantitative estimate of drug-likeness (QED) is 0.792. The van der Waals surface area contributed by atoms with Crippen LogP contribution in [0.15, 0.2) is 0 Å². The Labute approximate surface area is 103 Å². The van der Waals surface area contributed by atoms with E-state index >= 15 is 0 Å². The molecule has 0 bridgehead atoms. The van der Waals surface area contributed by atoms with Crippen molar-refractivity contribution in [3.05, 3.63) is 9.47 Å². The van der Waals surface area contributed by atoms with Gasteiger partial charge in [-0.3, -0.25) is 4.79 Å². The molecule has 1 aromatic heterocycles.